The van der Waals surface area contributed by atoms with Crippen LogP contribution in [-0.2, 0) is 0 Å². The van der Waals surface area contributed by atoms with Crippen LogP contribution in [0.3, 0.4) is 0 Å². The maximum Gasteiger partial charge on any atom is 0.197 e. The van der Waals surface area contributed by atoms with E-state index in [1.807, 2.05) is 73.1 Å². The lowest BCUT2D eigenvalue weighted by molar-refractivity contribution is 0.104. The molecule has 4 aromatic rings. The number of carbonyl (C=O) groups excluding carboxylic acids is 1. The fourth-order valence-corrected chi connectivity index (χ4v) is 2.96. The molecule has 2 aromatic carbocycles. The minimum atomic E-state index is 0.00945. The maximum atomic E-state index is 13.1. The number of nitrogens with one attached hydrogen (secondary N) is 2. The minimum Gasteiger partial charge on any atom is -0.366 e. The highest BCUT2D eigenvalue weighted by molar-refractivity contribution is 6.15. The molecule has 3 heteroatoms. The molecule has 0 saturated carbocycles. The van der Waals surface area contributed by atoms with Crippen molar-refractivity contribution in [3.63, 3.8) is 0 Å². The van der Waals surface area contributed by atoms with Gasteiger partial charge >= 0.3 is 0 Å². The van der Waals surface area contributed by atoms with E-state index in [0.29, 0.717) is 11.1 Å². The van der Waals surface area contributed by atoms with Crippen LogP contribution in [0.4, 0.5) is 0 Å². The summed E-state index contributed by atoms with van der Waals surface area (Å²) < 4.78 is 0. The summed E-state index contributed by atoms with van der Waals surface area (Å²) in [6, 6.07) is 19.9. The number of H-pyrrole nitrogens is 2. The molecule has 0 atom stereocenters. The molecule has 0 unspecified atom stereocenters. The number of aromatic nitrogens is 2. The summed E-state index contributed by atoms with van der Waals surface area (Å²) in [5.41, 5.74) is 5.25. The molecule has 0 amide bonds. The Morgan fingerprint density at radius 3 is 1.42 bits per heavy atom. The van der Waals surface area contributed by atoms with Gasteiger partial charge in [-0.05, 0) is 11.1 Å². The van der Waals surface area contributed by atoms with Crippen LogP contribution in [0, 0.1) is 0 Å². The van der Waals surface area contributed by atoms with Crippen LogP contribution >= 0.6 is 0 Å². The fraction of sp³-hybridized carbons (Fsp3) is 0. The van der Waals surface area contributed by atoms with Gasteiger partial charge in [0, 0.05) is 47.0 Å². The Morgan fingerprint density at radius 2 is 1.00 bits per heavy atom. The molecule has 3 nitrogen and oxygen atoms in total. The molecule has 0 aliphatic heterocycles. The van der Waals surface area contributed by atoms with Crippen molar-refractivity contribution >= 4 is 5.78 Å². The fourth-order valence-electron chi connectivity index (χ4n) is 2.96. The maximum absolute atomic E-state index is 13.1. The van der Waals surface area contributed by atoms with Crippen LogP contribution in [-0.4, -0.2) is 15.8 Å². The molecule has 0 bridgehead atoms. The molecular formula is C21H16N2O. The van der Waals surface area contributed by atoms with Gasteiger partial charge in [-0.25, -0.2) is 0 Å². The number of aromatic amines is 2. The zero-order valence-corrected chi connectivity index (χ0v) is 13.0. The van der Waals surface area contributed by atoms with E-state index in [-0.39, 0.29) is 5.78 Å². The normalized spacial score (nSPS) is 10.7. The second-order valence-electron chi connectivity index (χ2n) is 5.63. The van der Waals surface area contributed by atoms with E-state index in [9.17, 15) is 4.79 Å². The zero-order chi connectivity index (χ0) is 16.4. The van der Waals surface area contributed by atoms with E-state index in [4.69, 9.17) is 0 Å². The van der Waals surface area contributed by atoms with Gasteiger partial charge in [-0.15, -0.1) is 0 Å². The number of ketones is 1. The smallest absolute Gasteiger partial charge is 0.197 e. The second-order valence-corrected chi connectivity index (χ2v) is 5.63. The Hall–Kier alpha value is -3.33. The topological polar surface area (TPSA) is 48.6 Å². The Bertz CT molecular complexity index is 886. The lowest BCUT2D eigenvalue weighted by Gasteiger charge is -2.05. The summed E-state index contributed by atoms with van der Waals surface area (Å²) in [6.45, 7) is 0. The summed E-state index contributed by atoms with van der Waals surface area (Å²) in [4.78, 5) is 19.3. The Morgan fingerprint density at radius 1 is 0.583 bits per heavy atom. The molecule has 2 N–H and O–H groups in total. The van der Waals surface area contributed by atoms with E-state index >= 15 is 0 Å². The molecule has 2 heterocycles. The van der Waals surface area contributed by atoms with Crippen molar-refractivity contribution in [2.45, 2.75) is 0 Å². The molecule has 24 heavy (non-hydrogen) atoms. The molecule has 0 aliphatic carbocycles. The summed E-state index contributed by atoms with van der Waals surface area (Å²) >= 11 is 0. The predicted molar refractivity (Wildman–Crippen MR) is 95.9 cm³/mol. The SMILES string of the molecule is O=C(c1c[nH]cc1-c1ccccc1)c1c[nH]cc1-c1ccccc1. The Labute approximate surface area is 140 Å². The van der Waals surface area contributed by atoms with Gasteiger partial charge in [-0.1, -0.05) is 60.7 Å². The molecule has 0 aliphatic rings. The molecule has 4 rings (SSSR count). The van der Waals surface area contributed by atoms with Gasteiger partial charge in [0.2, 0.25) is 0 Å². The second kappa shape index (κ2) is 6.05. The standard InChI is InChI=1S/C21H16N2O/c24-21(19-13-22-11-17(19)15-7-3-1-4-8-15)20-14-23-12-18(20)16-9-5-2-6-10-16/h1-14,22-23H. The zero-order valence-electron chi connectivity index (χ0n) is 13.0. The average Bonchev–Trinajstić information content (AvgIpc) is 3.32. The van der Waals surface area contributed by atoms with Crippen LogP contribution in [0.1, 0.15) is 15.9 Å². The van der Waals surface area contributed by atoms with Gasteiger partial charge < -0.3 is 9.97 Å². The molecular weight excluding hydrogens is 296 g/mol. The lowest BCUT2D eigenvalue weighted by Crippen LogP contribution is -2.02. The van der Waals surface area contributed by atoms with Crippen molar-refractivity contribution in [2.24, 2.45) is 0 Å². The Kier molecular flexibility index (Phi) is 3.60. The average molecular weight is 312 g/mol. The summed E-state index contributed by atoms with van der Waals surface area (Å²) in [6.07, 6.45) is 7.29. The Balaban J connectivity index is 1.78. The van der Waals surface area contributed by atoms with Gasteiger partial charge in [0.1, 0.15) is 0 Å². The number of carbonyl (C=O) groups is 1. The first-order chi connectivity index (χ1) is 11.8. The highest BCUT2D eigenvalue weighted by Crippen LogP contribution is 2.29. The van der Waals surface area contributed by atoms with Crippen molar-refractivity contribution in [2.75, 3.05) is 0 Å². The third kappa shape index (κ3) is 2.46. The van der Waals surface area contributed by atoms with E-state index in [1.54, 1.807) is 12.4 Å². The van der Waals surface area contributed by atoms with Gasteiger partial charge in [0.25, 0.3) is 0 Å². The first kappa shape index (κ1) is 14.3. The monoisotopic (exact) mass is 312 g/mol. The van der Waals surface area contributed by atoms with Crippen LogP contribution in [0.5, 0.6) is 0 Å². The van der Waals surface area contributed by atoms with Gasteiger partial charge in [0.15, 0.2) is 5.78 Å². The van der Waals surface area contributed by atoms with Crippen molar-refractivity contribution in [3.05, 3.63) is 96.6 Å². The molecule has 0 fully saturated rings. The first-order valence-corrected chi connectivity index (χ1v) is 7.83. The highest BCUT2D eigenvalue weighted by Gasteiger charge is 2.20. The molecule has 0 radical (unpaired) electrons. The first-order valence-electron chi connectivity index (χ1n) is 7.83. The van der Waals surface area contributed by atoms with E-state index in [2.05, 4.69) is 9.97 Å². The van der Waals surface area contributed by atoms with Crippen molar-refractivity contribution in [1.29, 1.82) is 0 Å². The summed E-state index contributed by atoms with van der Waals surface area (Å²) in [5, 5.41) is 0. The van der Waals surface area contributed by atoms with Crippen molar-refractivity contribution < 1.29 is 4.79 Å². The number of hydrogen-bond donors (Lipinski definition) is 2. The van der Waals surface area contributed by atoms with Gasteiger partial charge in [-0.2, -0.15) is 0 Å². The number of hydrogen-bond acceptors (Lipinski definition) is 1. The highest BCUT2D eigenvalue weighted by atomic mass is 16.1. The van der Waals surface area contributed by atoms with Crippen LogP contribution < -0.4 is 0 Å². The van der Waals surface area contributed by atoms with Crippen molar-refractivity contribution in [3.8, 4) is 22.3 Å². The van der Waals surface area contributed by atoms with Gasteiger partial charge in [0.05, 0.1) is 0 Å². The van der Waals surface area contributed by atoms with E-state index < -0.39 is 0 Å². The van der Waals surface area contributed by atoms with E-state index in [1.165, 1.54) is 0 Å². The molecule has 116 valence electrons. The third-order valence-electron chi connectivity index (χ3n) is 4.15. The lowest BCUT2D eigenvalue weighted by atomic mass is 9.95. The molecule has 2 aromatic heterocycles. The molecule has 0 saturated heterocycles. The van der Waals surface area contributed by atoms with Crippen LogP contribution in [0.25, 0.3) is 22.3 Å². The molecule has 0 spiro atoms. The van der Waals surface area contributed by atoms with Crippen molar-refractivity contribution in [1.82, 2.24) is 9.97 Å². The van der Waals surface area contributed by atoms with Gasteiger partial charge in [-0.3, -0.25) is 4.79 Å². The van der Waals surface area contributed by atoms with Crippen LogP contribution in [0.15, 0.2) is 85.5 Å². The quantitative estimate of drug-likeness (QED) is 0.517. The largest absolute Gasteiger partial charge is 0.366 e. The summed E-state index contributed by atoms with van der Waals surface area (Å²) in [5.74, 6) is 0.00945. The third-order valence-corrected chi connectivity index (χ3v) is 4.15. The van der Waals surface area contributed by atoms with E-state index in [0.717, 1.165) is 22.3 Å². The number of rotatable bonds is 4. The minimum absolute atomic E-state index is 0.00945. The number of benzene rings is 2. The van der Waals surface area contributed by atoms with Crippen LogP contribution in [0.2, 0.25) is 0 Å². The summed E-state index contributed by atoms with van der Waals surface area (Å²) in [7, 11) is 0. The predicted octanol–water partition coefficient (Wildman–Crippen LogP) is 4.91.